The lowest BCUT2D eigenvalue weighted by Gasteiger charge is -2.25. The average molecular weight is 210 g/mol. The third-order valence-electron chi connectivity index (χ3n) is 2.04. The monoisotopic (exact) mass is 210 g/mol. The topological polar surface area (TPSA) is 63.4 Å². The lowest BCUT2D eigenvalue weighted by atomic mass is 10.1. The number of carbonyl (C=O) groups is 2. The summed E-state index contributed by atoms with van der Waals surface area (Å²) in [6.45, 7) is 8.37. The average Bonchev–Trinajstić information content (AvgIpc) is 2.30. The van der Waals surface area contributed by atoms with Gasteiger partial charge in [0.2, 0.25) is 11.8 Å². The van der Waals surface area contributed by atoms with Crippen molar-refractivity contribution in [3.63, 3.8) is 0 Å². The number of carbonyl (C=O) groups excluding carboxylic acids is 2. The summed E-state index contributed by atoms with van der Waals surface area (Å²) in [5.74, 6) is -0.398. The summed E-state index contributed by atoms with van der Waals surface area (Å²) in [5.41, 5.74) is 4.53. The first kappa shape index (κ1) is 13.4. The summed E-state index contributed by atoms with van der Waals surface area (Å²) in [5, 5.41) is 0. The first-order chi connectivity index (χ1) is 7.11. The fraction of sp³-hybridized carbons (Fsp3) is 0.455. The fourth-order valence-electron chi connectivity index (χ4n) is 1.24. The van der Waals surface area contributed by atoms with Crippen molar-refractivity contribution < 1.29 is 9.59 Å². The summed E-state index contributed by atoms with van der Waals surface area (Å²) in [6, 6.07) is 0. The third kappa shape index (κ3) is 6.49. The number of nitrogens with two attached hydrogens (primary N) is 1. The predicted molar refractivity (Wildman–Crippen MR) is 60.0 cm³/mol. The molecule has 1 rings (SSSR count). The molecule has 0 spiro atoms. The van der Waals surface area contributed by atoms with Crippen molar-refractivity contribution in [2.75, 3.05) is 13.1 Å². The Morgan fingerprint density at radius 3 is 1.87 bits per heavy atom. The summed E-state index contributed by atoms with van der Waals surface area (Å²) in [7, 11) is 0. The van der Waals surface area contributed by atoms with Gasteiger partial charge in [-0.15, -0.1) is 0 Å². The van der Waals surface area contributed by atoms with Gasteiger partial charge in [-0.2, -0.15) is 0 Å². The van der Waals surface area contributed by atoms with E-state index in [2.05, 4.69) is 18.9 Å². The number of amides is 2. The van der Waals surface area contributed by atoms with Crippen LogP contribution in [0.15, 0.2) is 25.3 Å². The Kier molecular flexibility index (Phi) is 6.97. The maximum atomic E-state index is 11.0. The maximum absolute atomic E-state index is 11.0. The van der Waals surface area contributed by atoms with Gasteiger partial charge in [0.05, 0.1) is 0 Å². The van der Waals surface area contributed by atoms with E-state index in [9.17, 15) is 9.59 Å². The molecule has 0 aromatic heterocycles. The quantitative estimate of drug-likeness (QED) is 0.686. The Labute approximate surface area is 90.4 Å². The minimum Gasteiger partial charge on any atom is -0.366 e. The van der Waals surface area contributed by atoms with Crippen molar-refractivity contribution in [3.05, 3.63) is 25.3 Å². The SMILES string of the molecule is C=CC(=O)N1CCCCC1.C=CC(N)=O. The molecule has 1 fully saturated rings. The summed E-state index contributed by atoms with van der Waals surface area (Å²) in [4.78, 5) is 22.3. The van der Waals surface area contributed by atoms with Crippen LogP contribution in [0.5, 0.6) is 0 Å². The van der Waals surface area contributed by atoms with Crippen LogP contribution in [0.1, 0.15) is 19.3 Å². The van der Waals surface area contributed by atoms with Gasteiger partial charge in [0.15, 0.2) is 0 Å². The van der Waals surface area contributed by atoms with E-state index in [0.717, 1.165) is 32.0 Å². The van der Waals surface area contributed by atoms with Crippen LogP contribution in [0.25, 0.3) is 0 Å². The van der Waals surface area contributed by atoms with Gasteiger partial charge in [0.25, 0.3) is 0 Å². The molecular weight excluding hydrogens is 192 g/mol. The molecular formula is C11H18N2O2. The van der Waals surface area contributed by atoms with Crippen LogP contribution in [0.3, 0.4) is 0 Å². The smallest absolute Gasteiger partial charge is 0.245 e. The molecule has 4 heteroatoms. The Balaban J connectivity index is 0.000000336. The van der Waals surface area contributed by atoms with Crippen LogP contribution in [0, 0.1) is 0 Å². The van der Waals surface area contributed by atoms with Gasteiger partial charge in [-0.1, -0.05) is 13.2 Å². The van der Waals surface area contributed by atoms with Gasteiger partial charge in [-0.25, -0.2) is 0 Å². The molecule has 0 saturated carbocycles. The number of nitrogens with zero attached hydrogens (tertiary/aromatic N) is 1. The molecule has 2 N–H and O–H groups in total. The molecule has 2 amide bonds. The van der Waals surface area contributed by atoms with Crippen LogP contribution >= 0.6 is 0 Å². The highest BCUT2D eigenvalue weighted by Gasteiger charge is 2.12. The van der Waals surface area contributed by atoms with Crippen LogP contribution in [0.4, 0.5) is 0 Å². The Hall–Kier alpha value is -1.58. The molecule has 0 unspecified atom stereocenters. The van der Waals surface area contributed by atoms with Gasteiger partial charge in [-0.05, 0) is 31.4 Å². The highest BCUT2D eigenvalue weighted by Crippen LogP contribution is 2.08. The van der Waals surface area contributed by atoms with E-state index in [1.54, 1.807) is 0 Å². The normalized spacial score (nSPS) is 14.5. The zero-order valence-electron chi connectivity index (χ0n) is 8.95. The Morgan fingerprint density at radius 1 is 1.07 bits per heavy atom. The molecule has 1 aliphatic heterocycles. The van der Waals surface area contributed by atoms with E-state index in [1.165, 1.54) is 12.5 Å². The van der Waals surface area contributed by atoms with Crippen molar-refractivity contribution >= 4 is 11.8 Å². The van der Waals surface area contributed by atoms with E-state index >= 15 is 0 Å². The molecule has 0 radical (unpaired) electrons. The zero-order chi connectivity index (χ0) is 11.7. The van der Waals surface area contributed by atoms with Gasteiger partial charge >= 0.3 is 0 Å². The standard InChI is InChI=1S/C8H13NO.C3H5NO/c1-2-8(10)9-6-4-3-5-7-9;1-2-3(4)5/h2H,1,3-7H2;2H,1H2,(H2,4,5). The fourth-order valence-corrected chi connectivity index (χ4v) is 1.24. The molecule has 0 bridgehead atoms. The largest absolute Gasteiger partial charge is 0.366 e. The number of piperidine rings is 1. The molecule has 4 nitrogen and oxygen atoms in total. The van der Waals surface area contributed by atoms with Crippen molar-refractivity contribution in [1.29, 1.82) is 0 Å². The second-order valence-electron chi connectivity index (χ2n) is 3.20. The van der Waals surface area contributed by atoms with Crippen molar-refractivity contribution in [1.82, 2.24) is 4.90 Å². The van der Waals surface area contributed by atoms with Crippen molar-refractivity contribution in [3.8, 4) is 0 Å². The van der Waals surface area contributed by atoms with E-state index in [4.69, 9.17) is 0 Å². The van der Waals surface area contributed by atoms with Crippen LogP contribution < -0.4 is 5.73 Å². The van der Waals surface area contributed by atoms with Crippen LogP contribution in [0.2, 0.25) is 0 Å². The highest BCUT2D eigenvalue weighted by atomic mass is 16.2. The zero-order valence-corrected chi connectivity index (χ0v) is 8.95. The first-order valence-corrected chi connectivity index (χ1v) is 4.95. The number of likely N-dealkylation sites (tertiary alicyclic amines) is 1. The summed E-state index contributed by atoms with van der Waals surface area (Å²) < 4.78 is 0. The second-order valence-corrected chi connectivity index (χ2v) is 3.20. The number of rotatable bonds is 2. The summed E-state index contributed by atoms with van der Waals surface area (Å²) in [6.07, 6.45) is 6.02. The van der Waals surface area contributed by atoms with E-state index < -0.39 is 5.91 Å². The van der Waals surface area contributed by atoms with Gasteiger partial charge in [-0.3, -0.25) is 9.59 Å². The van der Waals surface area contributed by atoms with Crippen LogP contribution in [-0.2, 0) is 9.59 Å². The minimum atomic E-state index is -0.481. The van der Waals surface area contributed by atoms with Gasteiger partial charge < -0.3 is 10.6 Å². The molecule has 1 saturated heterocycles. The first-order valence-electron chi connectivity index (χ1n) is 4.95. The molecule has 0 aliphatic carbocycles. The number of hydrogen-bond acceptors (Lipinski definition) is 2. The summed E-state index contributed by atoms with van der Waals surface area (Å²) >= 11 is 0. The maximum Gasteiger partial charge on any atom is 0.245 e. The van der Waals surface area contributed by atoms with E-state index in [0.29, 0.717) is 0 Å². The lowest BCUT2D eigenvalue weighted by Crippen LogP contribution is -2.34. The number of hydrogen-bond donors (Lipinski definition) is 1. The minimum absolute atomic E-state index is 0.0831. The van der Waals surface area contributed by atoms with Crippen molar-refractivity contribution in [2.24, 2.45) is 5.73 Å². The van der Waals surface area contributed by atoms with Gasteiger partial charge in [0, 0.05) is 13.1 Å². The molecule has 0 atom stereocenters. The van der Waals surface area contributed by atoms with Gasteiger partial charge in [0.1, 0.15) is 0 Å². The molecule has 1 heterocycles. The Bertz CT molecular complexity index is 243. The van der Waals surface area contributed by atoms with Crippen LogP contribution in [-0.4, -0.2) is 29.8 Å². The van der Waals surface area contributed by atoms with E-state index in [1.807, 2.05) is 4.90 Å². The molecule has 84 valence electrons. The second kappa shape index (κ2) is 7.79. The predicted octanol–water partition coefficient (Wildman–Crippen LogP) is 0.843. The Morgan fingerprint density at radius 2 is 1.53 bits per heavy atom. The van der Waals surface area contributed by atoms with Crippen molar-refractivity contribution in [2.45, 2.75) is 19.3 Å². The number of primary amides is 1. The molecule has 15 heavy (non-hydrogen) atoms. The molecule has 0 aromatic rings. The molecule has 1 aliphatic rings. The molecule has 0 aromatic carbocycles. The highest BCUT2D eigenvalue weighted by molar-refractivity contribution is 5.87. The lowest BCUT2D eigenvalue weighted by molar-refractivity contribution is -0.126. The van der Waals surface area contributed by atoms with E-state index in [-0.39, 0.29) is 5.91 Å². The third-order valence-corrected chi connectivity index (χ3v) is 2.04.